The van der Waals surface area contributed by atoms with E-state index in [4.69, 9.17) is 15.0 Å². The molecule has 0 aliphatic heterocycles. The molecular weight excluding hydrogens is 609 g/mol. The van der Waals surface area contributed by atoms with Crippen LogP contribution in [0.25, 0.3) is 99.3 Å². The molecule has 0 spiro atoms. The number of hydrogen-bond acceptors (Lipinski definition) is 4. The maximum Gasteiger partial charge on any atom is 0.0972 e. The van der Waals surface area contributed by atoms with E-state index in [1.54, 1.807) is 0 Å². The molecule has 10 aromatic rings. The first kappa shape index (κ1) is 28.3. The van der Waals surface area contributed by atoms with Crippen LogP contribution in [0.5, 0.6) is 0 Å². The van der Waals surface area contributed by atoms with E-state index in [1.165, 1.54) is 5.39 Å². The zero-order chi connectivity index (χ0) is 33.0. The highest BCUT2D eigenvalue weighted by atomic mass is 14.8. The van der Waals surface area contributed by atoms with Crippen molar-refractivity contribution in [2.75, 3.05) is 0 Å². The van der Waals surface area contributed by atoms with Crippen LogP contribution in [-0.2, 0) is 0 Å². The van der Waals surface area contributed by atoms with Gasteiger partial charge in [0.2, 0.25) is 0 Å². The number of para-hydroxylation sites is 1. The van der Waals surface area contributed by atoms with Crippen LogP contribution >= 0.6 is 0 Å². The third-order valence-electron chi connectivity index (χ3n) is 9.66. The second-order valence-electron chi connectivity index (χ2n) is 12.7. The number of benzene rings is 6. The summed E-state index contributed by atoms with van der Waals surface area (Å²) in [6, 6.07) is 57.3. The largest absolute Gasteiger partial charge is 0.254 e. The molecule has 0 atom stereocenters. The lowest BCUT2D eigenvalue weighted by Gasteiger charge is -2.14. The SMILES string of the molecule is c1ccc(-c2ccc3c(ccc4c5ccccc5nc(-c5cccc(-c6cccc(-c7ccc8ccc9cccnc9c8n7)c6)c5)c34)n2)cc1. The van der Waals surface area contributed by atoms with E-state index in [9.17, 15) is 0 Å². The third-order valence-corrected chi connectivity index (χ3v) is 9.66. The van der Waals surface area contributed by atoms with Crippen molar-refractivity contribution in [2.45, 2.75) is 0 Å². The first-order chi connectivity index (χ1) is 24.8. The molecule has 4 heteroatoms. The maximum absolute atomic E-state index is 5.31. The summed E-state index contributed by atoms with van der Waals surface area (Å²) in [5.74, 6) is 0. The predicted molar refractivity (Wildman–Crippen MR) is 207 cm³/mol. The van der Waals surface area contributed by atoms with Crippen molar-refractivity contribution in [3.8, 4) is 44.9 Å². The van der Waals surface area contributed by atoms with Crippen LogP contribution < -0.4 is 0 Å². The van der Waals surface area contributed by atoms with Gasteiger partial charge in [-0.1, -0.05) is 115 Å². The summed E-state index contributed by atoms with van der Waals surface area (Å²) in [7, 11) is 0. The van der Waals surface area contributed by atoms with Crippen molar-refractivity contribution in [3.63, 3.8) is 0 Å². The molecule has 0 aliphatic rings. The highest BCUT2D eigenvalue weighted by Gasteiger charge is 2.16. The Morgan fingerprint density at radius 3 is 1.86 bits per heavy atom. The molecule has 0 amide bonds. The van der Waals surface area contributed by atoms with Crippen molar-refractivity contribution >= 4 is 54.4 Å². The van der Waals surface area contributed by atoms with Gasteiger partial charge in [0, 0.05) is 49.8 Å². The summed E-state index contributed by atoms with van der Waals surface area (Å²) in [5.41, 5.74) is 12.0. The molecule has 0 aliphatic carbocycles. The smallest absolute Gasteiger partial charge is 0.0972 e. The Kier molecular flexibility index (Phi) is 6.46. The second kappa shape index (κ2) is 11.4. The van der Waals surface area contributed by atoms with Crippen LogP contribution in [0, 0.1) is 0 Å². The normalized spacial score (nSPS) is 11.6. The molecule has 0 fully saturated rings. The van der Waals surface area contributed by atoms with Crippen LogP contribution in [0.2, 0.25) is 0 Å². The Hall–Kier alpha value is -6.78. The van der Waals surface area contributed by atoms with Gasteiger partial charge in [-0.05, 0) is 65.0 Å². The van der Waals surface area contributed by atoms with Gasteiger partial charge in [-0.25, -0.2) is 15.0 Å². The van der Waals surface area contributed by atoms with Gasteiger partial charge in [0.1, 0.15) is 0 Å². The van der Waals surface area contributed by atoms with Gasteiger partial charge < -0.3 is 0 Å². The highest BCUT2D eigenvalue weighted by molar-refractivity contribution is 6.20. The van der Waals surface area contributed by atoms with E-state index in [0.29, 0.717) is 0 Å². The molecule has 10 rings (SSSR count). The van der Waals surface area contributed by atoms with Crippen LogP contribution in [0.15, 0.2) is 170 Å². The van der Waals surface area contributed by atoms with Crippen LogP contribution in [0.3, 0.4) is 0 Å². The first-order valence-corrected chi connectivity index (χ1v) is 16.8. The van der Waals surface area contributed by atoms with Gasteiger partial charge in [-0.3, -0.25) is 4.98 Å². The minimum Gasteiger partial charge on any atom is -0.254 e. The number of fused-ring (bicyclic) bond motifs is 8. The van der Waals surface area contributed by atoms with Crippen molar-refractivity contribution in [1.82, 2.24) is 19.9 Å². The van der Waals surface area contributed by atoms with Gasteiger partial charge in [-0.2, -0.15) is 0 Å². The average Bonchev–Trinajstić information content (AvgIpc) is 3.20. The molecule has 0 saturated heterocycles. The molecule has 4 aromatic heterocycles. The van der Waals surface area contributed by atoms with Gasteiger partial charge in [0.15, 0.2) is 0 Å². The van der Waals surface area contributed by atoms with Gasteiger partial charge in [0.05, 0.1) is 39.1 Å². The molecule has 6 aromatic carbocycles. The summed E-state index contributed by atoms with van der Waals surface area (Å²) >= 11 is 0. The lowest BCUT2D eigenvalue weighted by Crippen LogP contribution is -1.93. The fourth-order valence-corrected chi connectivity index (χ4v) is 7.23. The molecule has 0 radical (unpaired) electrons. The second-order valence-corrected chi connectivity index (χ2v) is 12.7. The lowest BCUT2D eigenvalue weighted by atomic mass is 9.94. The third kappa shape index (κ3) is 4.69. The monoisotopic (exact) mass is 636 g/mol. The standard InChI is InChI=1S/C46H28N4/c1-2-9-29(10-3-1)39-24-22-38-42(48-39)25-21-37-36-16-4-5-17-41(36)50-44(43(37)38)35-14-7-12-33(28-35)32-11-6-13-34(27-32)40-23-20-31-19-18-30-15-8-26-47-45(30)46(31)49-40/h1-28H. The Balaban J connectivity index is 1.12. The highest BCUT2D eigenvalue weighted by Crippen LogP contribution is 2.39. The number of rotatable bonds is 4. The number of pyridine rings is 4. The average molecular weight is 637 g/mol. The quantitative estimate of drug-likeness (QED) is 0.180. The van der Waals surface area contributed by atoms with E-state index in [1.807, 2.05) is 18.3 Å². The van der Waals surface area contributed by atoms with E-state index < -0.39 is 0 Å². The zero-order valence-corrected chi connectivity index (χ0v) is 27.0. The fraction of sp³-hybridized carbons (Fsp3) is 0. The van der Waals surface area contributed by atoms with E-state index in [-0.39, 0.29) is 0 Å². The maximum atomic E-state index is 5.31. The van der Waals surface area contributed by atoms with Gasteiger partial charge in [0.25, 0.3) is 0 Å². The first-order valence-electron chi connectivity index (χ1n) is 16.8. The van der Waals surface area contributed by atoms with E-state index in [2.05, 4.69) is 157 Å². The summed E-state index contributed by atoms with van der Waals surface area (Å²) in [6.07, 6.45) is 1.83. The molecule has 232 valence electrons. The number of aromatic nitrogens is 4. The van der Waals surface area contributed by atoms with Crippen molar-refractivity contribution in [2.24, 2.45) is 0 Å². The molecule has 0 N–H and O–H groups in total. The Labute approximate surface area is 288 Å². The molecule has 0 unspecified atom stereocenters. The van der Waals surface area contributed by atoms with Crippen LogP contribution in [0.4, 0.5) is 0 Å². The minimum atomic E-state index is 0.917. The minimum absolute atomic E-state index is 0.917. The van der Waals surface area contributed by atoms with Crippen molar-refractivity contribution in [1.29, 1.82) is 0 Å². The van der Waals surface area contributed by atoms with Crippen molar-refractivity contribution < 1.29 is 0 Å². The summed E-state index contributed by atoms with van der Waals surface area (Å²) < 4.78 is 0. The lowest BCUT2D eigenvalue weighted by molar-refractivity contribution is 1.37. The number of nitrogens with zero attached hydrogens (tertiary/aromatic N) is 4. The molecular formula is C46H28N4. The van der Waals surface area contributed by atoms with Gasteiger partial charge in [-0.15, -0.1) is 0 Å². The molecule has 50 heavy (non-hydrogen) atoms. The van der Waals surface area contributed by atoms with Crippen LogP contribution in [-0.4, -0.2) is 19.9 Å². The number of hydrogen-bond donors (Lipinski definition) is 0. The molecule has 4 nitrogen and oxygen atoms in total. The Morgan fingerprint density at radius 2 is 0.980 bits per heavy atom. The summed E-state index contributed by atoms with van der Waals surface area (Å²) in [6.45, 7) is 0. The zero-order valence-electron chi connectivity index (χ0n) is 27.0. The molecule has 0 bridgehead atoms. The van der Waals surface area contributed by atoms with Crippen molar-refractivity contribution in [3.05, 3.63) is 170 Å². The predicted octanol–water partition coefficient (Wildman–Crippen LogP) is 11.7. The topological polar surface area (TPSA) is 51.6 Å². The van der Waals surface area contributed by atoms with E-state index in [0.717, 1.165) is 93.9 Å². The van der Waals surface area contributed by atoms with Gasteiger partial charge >= 0.3 is 0 Å². The Morgan fingerprint density at radius 1 is 0.340 bits per heavy atom. The van der Waals surface area contributed by atoms with Crippen LogP contribution in [0.1, 0.15) is 0 Å². The summed E-state index contributed by atoms with van der Waals surface area (Å²) in [4.78, 5) is 20.2. The molecule has 4 heterocycles. The fourth-order valence-electron chi connectivity index (χ4n) is 7.23. The van der Waals surface area contributed by atoms with E-state index >= 15 is 0 Å². The molecule has 0 saturated carbocycles. The Bertz CT molecular complexity index is 2930. The summed E-state index contributed by atoms with van der Waals surface area (Å²) in [5, 5.41) is 6.68.